The molecule has 3 heterocycles. The van der Waals surface area contributed by atoms with Crippen LogP contribution in [0.25, 0.3) is 33.5 Å². The molecule has 0 fully saturated rings. The van der Waals surface area contributed by atoms with Gasteiger partial charge in [-0.15, -0.1) is 5.10 Å². The molecular weight excluding hydrogens is 393 g/mol. The van der Waals surface area contributed by atoms with E-state index < -0.39 is 5.82 Å². The van der Waals surface area contributed by atoms with Crippen molar-refractivity contribution in [3.05, 3.63) is 84.6 Å². The predicted octanol–water partition coefficient (Wildman–Crippen LogP) is 4.33. The SMILES string of the molecule is CNc1cc(-c2ccc(C#N)c(F)c2)n(-c2ccc3nn(-c4ccncc4)cc3c2)n1. The van der Waals surface area contributed by atoms with E-state index in [1.54, 1.807) is 34.9 Å². The Balaban J connectivity index is 1.62. The van der Waals surface area contributed by atoms with Gasteiger partial charge in [0.1, 0.15) is 17.7 Å². The minimum absolute atomic E-state index is 0.00796. The summed E-state index contributed by atoms with van der Waals surface area (Å²) in [4.78, 5) is 4.04. The molecule has 7 nitrogen and oxygen atoms in total. The van der Waals surface area contributed by atoms with Crippen LogP contribution in [0.3, 0.4) is 0 Å². The van der Waals surface area contributed by atoms with Crippen molar-refractivity contribution in [1.82, 2.24) is 24.5 Å². The normalized spacial score (nSPS) is 10.9. The third kappa shape index (κ3) is 3.28. The highest BCUT2D eigenvalue weighted by molar-refractivity contribution is 5.81. The van der Waals surface area contributed by atoms with Gasteiger partial charge in [-0.1, -0.05) is 6.07 Å². The lowest BCUT2D eigenvalue weighted by Gasteiger charge is -2.08. The molecule has 5 aromatic rings. The molecule has 0 aliphatic heterocycles. The Labute approximate surface area is 177 Å². The molecule has 0 saturated carbocycles. The molecule has 0 saturated heterocycles. The van der Waals surface area contributed by atoms with Crippen molar-refractivity contribution < 1.29 is 4.39 Å². The fourth-order valence-electron chi connectivity index (χ4n) is 3.44. The summed E-state index contributed by atoms with van der Waals surface area (Å²) in [7, 11) is 1.78. The summed E-state index contributed by atoms with van der Waals surface area (Å²) in [6.45, 7) is 0. The molecular formula is C23H16FN7. The number of nitrogens with zero attached hydrogens (tertiary/aromatic N) is 6. The van der Waals surface area contributed by atoms with Crippen molar-refractivity contribution in [2.45, 2.75) is 0 Å². The fraction of sp³-hybridized carbons (Fsp3) is 0.0435. The molecule has 0 unspecified atom stereocenters. The van der Waals surface area contributed by atoms with Gasteiger partial charge in [-0.25, -0.2) is 13.8 Å². The Hall–Kier alpha value is -4.51. The summed E-state index contributed by atoms with van der Waals surface area (Å²) >= 11 is 0. The zero-order valence-electron chi connectivity index (χ0n) is 16.5. The number of pyridine rings is 1. The Bertz CT molecular complexity index is 1440. The summed E-state index contributed by atoms with van der Waals surface area (Å²) in [5.41, 5.74) is 3.90. The maximum absolute atomic E-state index is 14.2. The van der Waals surface area contributed by atoms with Crippen LogP contribution in [0, 0.1) is 17.1 Å². The van der Waals surface area contributed by atoms with Gasteiger partial charge in [0.05, 0.1) is 28.1 Å². The topological polar surface area (TPSA) is 84.4 Å². The number of benzene rings is 2. The lowest BCUT2D eigenvalue weighted by Crippen LogP contribution is -2.00. The van der Waals surface area contributed by atoms with Gasteiger partial charge in [0, 0.05) is 42.7 Å². The highest BCUT2D eigenvalue weighted by atomic mass is 19.1. The number of nitrogens with one attached hydrogen (secondary N) is 1. The van der Waals surface area contributed by atoms with Gasteiger partial charge in [0.15, 0.2) is 0 Å². The van der Waals surface area contributed by atoms with E-state index in [2.05, 4.69) is 20.5 Å². The lowest BCUT2D eigenvalue weighted by molar-refractivity contribution is 0.624. The van der Waals surface area contributed by atoms with Crippen LogP contribution in [0.15, 0.2) is 73.2 Å². The van der Waals surface area contributed by atoms with Crippen LogP contribution in [0.4, 0.5) is 10.2 Å². The third-order valence-corrected chi connectivity index (χ3v) is 5.01. The van der Waals surface area contributed by atoms with Gasteiger partial charge in [-0.05, 0) is 42.5 Å². The Morgan fingerprint density at radius 1 is 0.968 bits per heavy atom. The zero-order valence-corrected chi connectivity index (χ0v) is 16.5. The second-order valence-corrected chi connectivity index (χ2v) is 6.91. The summed E-state index contributed by atoms with van der Waals surface area (Å²) in [6, 6.07) is 17.8. The van der Waals surface area contributed by atoms with Gasteiger partial charge in [-0.3, -0.25) is 4.98 Å². The molecule has 150 valence electrons. The number of anilines is 1. The number of rotatable bonds is 4. The first-order valence-electron chi connectivity index (χ1n) is 9.54. The van der Waals surface area contributed by atoms with Gasteiger partial charge in [-0.2, -0.15) is 10.4 Å². The first-order valence-corrected chi connectivity index (χ1v) is 9.54. The Morgan fingerprint density at radius 3 is 2.55 bits per heavy atom. The second kappa shape index (κ2) is 7.39. The monoisotopic (exact) mass is 409 g/mol. The number of halogens is 1. The maximum atomic E-state index is 14.2. The van der Waals surface area contributed by atoms with E-state index in [4.69, 9.17) is 5.26 Å². The molecule has 0 bridgehead atoms. The van der Waals surface area contributed by atoms with E-state index in [-0.39, 0.29) is 5.56 Å². The molecule has 0 atom stereocenters. The van der Waals surface area contributed by atoms with Crippen LogP contribution in [0.5, 0.6) is 0 Å². The van der Waals surface area contributed by atoms with E-state index >= 15 is 0 Å². The molecule has 31 heavy (non-hydrogen) atoms. The maximum Gasteiger partial charge on any atom is 0.148 e. The van der Waals surface area contributed by atoms with Crippen molar-refractivity contribution >= 4 is 16.7 Å². The lowest BCUT2D eigenvalue weighted by atomic mass is 10.1. The largest absolute Gasteiger partial charge is 0.372 e. The van der Waals surface area contributed by atoms with Crippen molar-refractivity contribution in [2.24, 2.45) is 0 Å². The van der Waals surface area contributed by atoms with Crippen molar-refractivity contribution in [1.29, 1.82) is 5.26 Å². The quantitative estimate of drug-likeness (QED) is 0.478. The van der Waals surface area contributed by atoms with Crippen LogP contribution < -0.4 is 5.32 Å². The highest BCUT2D eigenvalue weighted by Gasteiger charge is 2.14. The highest BCUT2D eigenvalue weighted by Crippen LogP contribution is 2.29. The Kier molecular flexibility index (Phi) is 4.41. The van der Waals surface area contributed by atoms with Gasteiger partial charge >= 0.3 is 0 Å². The number of hydrogen-bond donors (Lipinski definition) is 1. The smallest absolute Gasteiger partial charge is 0.148 e. The molecule has 0 spiro atoms. The molecule has 0 amide bonds. The average Bonchev–Trinajstić information content (AvgIpc) is 3.43. The van der Waals surface area contributed by atoms with Crippen molar-refractivity contribution in [2.75, 3.05) is 12.4 Å². The molecule has 2 aromatic carbocycles. The van der Waals surface area contributed by atoms with Gasteiger partial charge in [0.25, 0.3) is 0 Å². The first kappa shape index (κ1) is 18.5. The molecule has 3 aromatic heterocycles. The molecule has 0 aliphatic carbocycles. The second-order valence-electron chi connectivity index (χ2n) is 6.91. The number of fused-ring (bicyclic) bond motifs is 1. The van der Waals surface area contributed by atoms with Crippen molar-refractivity contribution in [3.8, 4) is 28.7 Å². The average molecular weight is 409 g/mol. The number of nitriles is 1. The zero-order chi connectivity index (χ0) is 21.4. The Morgan fingerprint density at radius 2 is 1.81 bits per heavy atom. The van der Waals surface area contributed by atoms with Gasteiger partial charge < -0.3 is 5.32 Å². The summed E-state index contributed by atoms with van der Waals surface area (Å²) in [6.07, 6.45) is 5.38. The molecule has 0 aliphatic rings. The van der Waals surface area contributed by atoms with Crippen LogP contribution >= 0.6 is 0 Å². The molecule has 8 heteroatoms. The van der Waals surface area contributed by atoms with Crippen LogP contribution in [-0.2, 0) is 0 Å². The fourth-order valence-corrected chi connectivity index (χ4v) is 3.44. The third-order valence-electron chi connectivity index (χ3n) is 5.01. The van der Waals surface area contributed by atoms with Crippen LogP contribution in [-0.4, -0.2) is 31.6 Å². The van der Waals surface area contributed by atoms with Crippen molar-refractivity contribution in [3.63, 3.8) is 0 Å². The van der Waals surface area contributed by atoms with E-state index in [1.807, 2.05) is 48.7 Å². The number of hydrogen-bond acceptors (Lipinski definition) is 5. The van der Waals surface area contributed by atoms with Crippen LogP contribution in [0.2, 0.25) is 0 Å². The minimum Gasteiger partial charge on any atom is -0.372 e. The molecule has 5 rings (SSSR count). The van der Waals surface area contributed by atoms with Crippen LogP contribution in [0.1, 0.15) is 5.56 Å². The summed E-state index contributed by atoms with van der Waals surface area (Å²) < 4.78 is 17.8. The van der Waals surface area contributed by atoms with E-state index in [1.165, 1.54) is 12.1 Å². The standard InChI is InChI=1S/C23H16FN7/c1-26-23-12-22(15-2-3-16(13-25)20(24)11-15)31(29-23)19-4-5-21-17(10-19)14-30(28-21)18-6-8-27-9-7-18/h2-12,14H,1H3,(H,26,29). The first-order chi connectivity index (χ1) is 15.2. The van der Waals surface area contributed by atoms with E-state index in [9.17, 15) is 4.39 Å². The van der Waals surface area contributed by atoms with E-state index in [0.717, 1.165) is 22.3 Å². The summed E-state index contributed by atoms with van der Waals surface area (Å²) in [5.74, 6) is 0.0835. The summed E-state index contributed by atoms with van der Waals surface area (Å²) in [5, 5.41) is 22.2. The predicted molar refractivity (Wildman–Crippen MR) is 116 cm³/mol. The van der Waals surface area contributed by atoms with E-state index in [0.29, 0.717) is 17.1 Å². The number of aromatic nitrogens is 5. The molecule has 0 radical (unpaired) electrons. The minimum atomic E-state index is -0.562. The van der Waals surface area contributed by atoms with Gasteiger partial charge in [0.2, 0.25) is 0 Å². The molecule has 1 N–H and O–H groups in total.